The van der Waals surface area contributed by atoms with Crippen LogP contribution in [-0.4, -0.2) is 59.9 Å². The Morgan fingerprint density at radius 2 is 2.13 bits per heavy atom. The van der Waals surface area contributed by atoms with Crippen LogP contribution in [0.4, 0.5) is 5.82 Å². The quantitative estimate of drug-likeness (QED) is 0.362. The summed E-state index contributed by atoms with van der Waals surface area (Å²) >= 11 is 0. The summed E-state index contributed by atoms with van der Waals surface area (Å²) in [5.74, 6) is 1.37. The Kier molecular flexibility index (Phi) is 8.48. The van der Waals surface area contributed by atoms with Gasteiger partial charge < -0.3 is 19.9 Å². The molecular weight excluding hydrogens is 490 g/mol. The van der Waals surface area contributed by atoms with Crippen molar-refractivity contribution in [1.82, 2.24) is 9.88 Å². The van der Waals surface area contributed by atoms with Crippen LogP contribution >= 0.6 is 0 Å². The molecule has 1 saturated carbocycles. The van der Waals surface area contributed by atoms with Gasteiger partial charge in [-0.2, -0.15) is 0 Å². The largest absolute Gasteiger partial charge is 0.493 e. The second-order valence-corrected chi connectivity index (χ2v) is 12.4. The van der Waals surface area contributed by atoms with Crippen LogP contribution in [0.5, 0.6) is 5.75 Å². The minimum absolute atomic E-state index is 0.0137. The number of nitrogens with one attached hydrogen (secondary N) is 1. The predicted molar refractivity (Wildman–Crippen MR) is 154 cm³/mol. The highest BCUT2D eigenvalue weighted by Crippen LogP contribution is 2.45. The van der Waals surface area contributed by atoms with Gasteiger partial charge in [-0.15, -0.1) is 0 Å². The Labute approximate surface area is 233 Å². The number of pyridine rings is 1. The maximum Gasteiger partial charge on any atom is 0.325 e. The number of nitrogens with zero attached hydrogens (tertiary/aromatic N) is 2. The molecule has 3 aliphatic rings. The molecular formula is C32H45N3O4. The number of aliphatic carboxylic acids is 1. The number of carbonyl (C=O) groups is 1. The topological polar surface area (TPSA) is 83.9 Å². The summed E-state index contributed by atoms with van der Waals surface area (Å²) in [5, 5.41) is 13.8. The Morgan fingerprint density at radius 3 is 2.95 bits per heavy atom. The summed E-state index contributed by atoms with van der Waals surface area (Å²) in [5.41, 5.74) is 4.38. The number of benzene rings is 1. The first-order valence-electron chi connectivity index (χ1n) is 14.8. The number of hydrogen-bond donors (Lipinski definition) is 2. The number of ether oxygens (including phenoxy) is 2. The second kappa shape index (κ2) is 11.8. The Hall–Kier alpha value is -2.64. The average molecular weight is 536 g/mol. The Balaban J connectivity index is 1.17. The lowest BCUT2D eigenvalue weighted by Crippen LogP contribution is -2.39. The van der Waals surface area contributed by atoms with Gasteiger partial charge in [-0.3, -0.25) is 9.69 Å². The van der Waals surface area contributed by atoms with Crippen molar-refractivity contribution in [1.29, 1.82) is 0 Å². The third-order valence-electron chi connectivity index (χ3n) is 9.13. The van der Waals surface area contributed by atoms with Crippen LogP contribution in [0.1, 0.15) is 93.6 Å². The standard InChI is InChI=1S/C32H45N3O4/c1-21-15-18-38-26-12-7-11-25(28(21)26)29(31(36)37)35(4)24-19-27(32(2,3)20-24)39-17-6-5-10-23-14-13-22-9-8-16-33-30(22)34-23/h7,11-14,21,24,27,29H,5-6,8-10,15-20H2,1-4H3,(H,33,34)(H,36,37)/t21-,24?,27?,29+/m0/s1. The lowest BCUT2D eigenvalue weighted by molar-refractivity contribution is -0.144. The fourth-order valence-electron chi connectivity index (χ4n) is 6.81. The zero-order valence-electron chi connectivity index (χ0n) is 24.0. The number of unbranched alkanes of at least 4 members (excludes halogenated alkanes) is 1. The molecule has 212 valence electrons. The SMILES string of the molecule is C[C@H]1CCOc2cccc([C@H](C(=O)O)N(C)C3CC(OCCCCc4ccc5c(n4)NCCC5)C(C)(C)C3)c21. The molecule has 0 bridgehead atoms. The summed E-state index contributed by atoms with van der Waals surface area (Å²) in [4.78, 5) is 19.5. The summed E-state index contributed by atoms with van der Waals surface area (Å²) < 4.78 is 12.4. The smallest absolute Gasteiger partial charge is 0.325 e. The van der Waals surface area contributed by atoms with Crippen molar-refractivity contribution < 1.29 is 19.4 Å². The zero-order chi connectivity index (χ0) is 27.6. The van der Waals surface area contributed by atoms with Crippen molar-refractivity contribution in [2.75, 3.05) is 32.1 Å². The molecule has 2 aliphatic heterocycles. The number of likely N-dealkylation sites (N-methyl/N-ethyl adjacent to an activating group) is 1. The van der Waals surface area contributed by atoms with Crippen LogP contribution in [0.25, 0.3) is 0 Å². The van der Waals surface area contributed by atoms with Crippen molar-refractivity contribution in [2.24, 2.45) is 5.41 Å². The van der Waals surface area contributed by atoms with Gasteiger partial charge in [-0.05, 0) is 93.0 Å². The molecule has 0 saturated heterocycles. The Bertz CT molecular complexity index is 1170. The summed E-state index contributed by atoms with van der Waals surface area (Å²) in [6.45, 7) is 9.10. The lowest BCUT2D eigenvalue weighted by atomic mass is 9.86. The van der Waals surface area contributed by atoms with E-state index in [2.05, 4.69) is 43.1 Å². The molecule has 2 unspecified atom stereocenters. The lowest BCUT2D eigenvalue weighted by Gasteiger charge is -2.34. The molecule has 2 N–H and O–H groups in total. The fourth-order valence-corrected chi connectivity index (χ4v) is 6.81. The maximum atomic E-state index is 12.7. The number of aryl methyl sites for hydroxylation is 2. The summed E-state index contributed by atoms with van der Waals surface area (Å²) in [6, 6.07) is 9.69. The van der Waals surface area contributed by atoms with Crippen LogP contribution in [0.3, 0.4) is 0 Å². The average Bonchev–Trinajstić information content (AvgIpc) is 3.22. The third kappa shape index (κ3) is 6.09. The van der Waals surface area contributed by atoms with Gasteiger partial charge in [0, 0.05) is 30.5 Å². The van der Waals surface area contributed by atoms with Crippen LogP contribution in [0.2, 0.25) is 0 Å². The number of carboxylic acids is 1. The van der Waals surface area contributed by atoms with Gasteiger partial charge in [0.25, 0.3) is 0 Å². The number of carboxylic acid groups (broad SMARTS) is 1. The Morgan fingerprint density at radius 1 is 1.28 bits per heavy atom. The van der Waals surface area contributed by atoms with E-state index in [4.69, 9.17) is 14.5 Å². The van der Waals surface area contributed by atoms with Crippen molar-refractivity contribution in [3.63, 3.8) is 0 Å². The van der Waals surface area contributed by atoms with E-state index in [0.29, 0.717) is 6.61 Å². The first-order chi connectivity index (χ1) is 18.7. The van der Waals surface area contributed by atoms with Gasteiger partial charge in [0.05, 0.1) is 12.7 Å². The number of aromatic nitrogens is 1. The van der Waals surface area contributed by atoms with Crippen molar-refractivity contribution in [3.8, 4) is 5.75 Å². The molecule has 1 aromatic carbocycles. The molecule has 1 fully saturated rings. The van der Waals surface area contributed by atoms with Gasteiger partial charge in [-0.25, -0.2) is 4.98 Å². The van der Waals surface area contributed by atoms with E-state index in [9.17, 15) is 9.90 Å². The molecule has 2 aromatic rings. The number of fused-ring (bicyclic) bond motifs is 2. The molecule has 7 heteroatoms. The van der Waals surface area contributed by atoms with Crippen molar-refractivity contribution >= 4 is 11.8 Å². The molecule has 0 amide bonds. The van der Waals surface area contributed by atoms with Crippen LogP contribution < -0.4 is 10.1 Å². The zero-order valence-corrected chi connectivity index (χ0v) is 24.0. The fraction of sp³-hybridized carbons (Fsp3) is 0.625. The predicted octanol–water partition coefficient (Wildman–Crippen LogP) is 5.98. The molecule has 4 atom stereocenters. The van der Waals surface area contributed by atoms with Gasteiger partial charge in [-0.1, -0.05) is 39.0 Å². The molecule has 1 aromatic heterocycles. The van der Waals surface area contributed by atoms with Crippen molar-refractivity contribution in [2.45, 2.75) is 96.2 Å². The molecule has 0 radical (unpaired) electrons. The first kappa shape index (κ1) is 27.9. The van der Waals surface area contributed by atoms with Crippen LogP contribution in [0.15, 0.2) is 30.3 Å². The third-order valence-corrected chi connectivity index (χ3v) is 9.13. The second-order valence-electron chi connectivity index (χ2n) is 12.4. The molecule has 0 spiro atoms. The van der Waals surface area contributed by atoms with E-state index < -0.39 is 12.0 Å². The maximum absolute atomic E-state index is 12.7. The molecule has 7 nitrogen and oxygen atoms in total. The summed E-state index contributed by atoms with van der Waals surface area (Å²) in [6.07, 6.45) is 8.06. The minimum atomic E-state index is -0.808. The highest BCUT2D eigenvalue weighted by molar-refractivity contribution is 5.77. The highest BCUT2D eigenvalue weighted by atomic mass is 16.5. The van der Waals surface area contributed by atoms with Gasteiger partial charge >= 0.3 is 5.97 Å². The van der Waals surface area contributed by atoms with E-state index >= 15 is 0 Å². The summed E-state index contributed by atoms with van der Waals surface area (Å²) in [7, 11) is 1.97. The van der Waals surface area contributed by atoms with Crippen LogP contribution in [0, 0.1) is 5.41 Å². The highest BCUT2D eigenvalue weighted by Gasteiger charge is 2.45. The monoisotopic (exact) mass is 535 g/mol. The van der Waals surface area contributed by atoms with Gasteiger partial charge in [0.15, 0.2) is 0 Å². The van der Waals surface area contributed by atoms with Gasteiger partial charge in [0.2, 0.25) is 0 Å². The number of hydrogen-bond acceptors (Lipinski definition) is 6. The van der Waals surface area contributed by atoms with E-state index in [-0.39, 0.29) is 23.5 Å². The van der Waals surface area contributed by atoms with Gasteiger partial charge in [0.1, 0.15) is 17.6 Å². The van der Waals surface area contributed by atoms with Crippen LogP contribution in [-0.2, 0) is 22.4 Å². The minimum Gasteiger partial charge on any atom is -0.493 e. The van der Waals surface area contributed by atoms with Crippen molar-refractivity contribution in [3.05, 3.63) is 52.7 Å². The number of rotatable bonds is 10. The van der Waals surface area contributed by atoms with E-state index in [1.165, 1.54) is 12.0 Å². The van der Waals surface area contributed by atoms with E-state index in [1.807, 2.05) is 25.2 Å². The number of anilines is 1. The van der Waals surface area contributed by atoms with E-state index in [1.54, 1.807) is 0 Å². The molecule has 5 rings (SSSR count). The molecule has 3 heterocycles. The van der Waals surface area contributed by atoms with E-state index in [0.717, 1.165) is 86.5 Å². The molecule has 1 aliphatic carbocycles. The molecule has 39 heavy (non-hydrogen) atoms. The normalized spacial score (nSPS) is 24.4. The first-order valence-corrected chi connectivity index (χ1v) is 14.8.